The van der Waals surface area contributed by atoms with Crippen molar-refractivity contribution in [3.05, 3.63) is 0 Å². The van der Waals surface area contributed by atoms with E-state index in [9.17, 15) is 9.59 Å². The van der Waals surface area contributed by atoms with Crippen LogP contribution in [-0.4, -0.2) is 30.5 Å². The monoisotopic (exact) mass is 131 g/mol. The predicted octanol–water partition coefficient (Wildman–Crippen LogP) is -1.32. The molecule has 2 N–H and O–H groups in total. The van der Waals surface area contributed by atoms with Crippen LogP contribution >= 0.6 is 0 Å². The van der Waals surface area contributed by atoms with Crippen LogP contribution in [0.1, 0.15) is 6.42 Å². The van der Waals surface area contributed by atoms with Gasteiger partial charge in [0.2, 0.25) is 6.41 Å². The Hall–Kier alpha value is -0.900. The molecule has 0 radical (unpaired) electrons. The van der Waals surface area contributed by atoms with Gasteiger partial charge < -0.3 is 15.2 Å². The van der Waals surface area contributed by atoms with Crippen molar-refractivity contribution in [3.63, 3.8) is 0 Å². The molecule has 1 atom stereocenters. The van der Waals surface area contributed by atoms with E-state index in [1.54, 1.807) is 0 Å². The van der Waals surface area contributed by atoms with Gasteiger partial charge >= 0.3 is 0 Å². The Balaban J connectivity index is 3.14. The fourth-order valence-corrected chi connectivity index (χ4v) is 0.379. The summed E-state index contributed by atoms with van der Waals surface area (Å²) in [4.78, 5) is 19.3. The summed E-state index contributed by atoms with van der Waals surface area (Å²) < 4.78 is 0. The second-order valence-electron chi connectivity index (χ2n) is 1.58. The first-order valence-corrected chi connectivity index (χ1v) is 2.60. The topological polar surface area (TPSA) is 66.4 Å². The molecule has 0 heterocycles. The second-order valence-corrected chi connectivity index (χ2v) is 1.58. The van der Waals surface area contributed by atoms with Crippen LogP contribution in [-0.2, 0) is 9.59 Å². The Morgan fingerprint density at radius 1 is 1.56 bits per heavy atom. The fraction of sp³-hybridized carbons (Fsp3) is 0.600. The summed E-state index contributed by atoms with van der Waals surface area (Å²) in [7, 11) is 0. The van der Waals surface area contributed by atoms with Crippen molar-refractivity contribution in [2.24, 2.45) is 0 Å². The van der Waals surface area contributed by atoms with E-state index in [0.717, 1.165) is 0 Å². The Morgan fingerprint density at radius 3 is 2.67 bits per heavy atom. The lowest BCUT2D eigenvalue weighted by molar-refractivity contribution is -0.112. The normalized spacial score (nSPS) is 12.1. The molecule has 52 valence electrons. The summed E-state index contributed by atoms with van der Waals surface area (Å²) >= 11 is 0. The van der Waals surface area contributed by atoms with Crippen LogP contribution in [0.3, 0.4) is 0 Å². The number of amides is 1. The SMILES string of the molecule is O=CCC(O)CNC=O. The number of hydrogen-bond donors (Lipinski definition) is 2. The molecule has 1 amide bonds. The zero-order chi connectivity index (χ0) is 7.11. The molecule has 0 aromatic carbocycles. The fourth-order valence-electron chi connectivity index (χ4n) is 0.379. The molecule has 0 aromatic heterocycles. The van der Waals surface area contributed by atoms with Crippen LogP contribution in [0, 0.1) is 0 Å². The minimum Gasteiger partial charge on any atom is -0.391 e. The highest BCUT2D eigenvalue weighted by Crippen LogP contribution is 1.82. The Morgan fingerprint density at radius 2 is 2.22 bits per heavy atom. The molecule has 4 nitrogen and oxygen atoms in total. The Bertz CT molecular complexity index is 94.2. The van der Waals surface area contributed by atoms with Gasteiger partial charge in [-0.3, -0.25) is 4.79 Å². The van der Waals surface area contributed by atoms with Crippen molar-refractivity contribution in [3.8, 4) is 0 Å². The quantitative estimate of drug-likeness (QED) is 0.455. The first-order chi connectivity index (χ1) is 4.31. The van der Waals surface area contributed by atoms with Crippen molar-refractivity contribution in [1.29, 1.82) is 0 Å². The molecule has 0 fully saturated rings. The molecule has 1 unspecified atom stereocenters. The summed E-state index contributed by atoms with van der Waals surface area (Å²) in [5.74, 6) is 0. The summed E-state index contributed by atoms with van der Waals surface area (Å²) in [6.45, 7) is 0.141. The van der Waals surface area contributed by atoms with E-state index in [4.69, 9.17) is 5.11 Å². The third kappa shape index (κ3) is 4.96. The van der Waals surface area contributed by atoms with Crippen molar-refractivity contribution < 1.29 is 14.7 Å². The van der Waals surface area contributed by atoms with Gasteiger partial charge in [-0.1, -0.05) is 0 Å². The van der Waals surface area contributed by atoms with Crippen LogP contribution in [0.15, 0.2) is 0 Å². The molecule has 0 aromatic rings. The Kier molecular flexibility index (Phi) is 4.72. The lowest BCUT2D eigenvalue weighted by Crippen LogP contribution is -2.25. The average molecular weight is 131 g/mol. The van der Waals surface area contributed by atoms with Crippen molar-refractivity contribution >= 4 is 12.7 Å². The molecule has 0 aliphatic rings. The molecular weight excluding hydrogens is 122 g/mol. The number of carbonyl (C=O) groups is 2. The third-order valence-electron chi connectivity index (χ3n) is 0.805. The lowest BCUT2D eigenvalue weighted by atomic mass is 10.3. The first kappa shape index (κ1) is 8.10. The number of aliphatic hydroxyl groups excluding tert-OH is 1. The molecule has 0 rings (SSSR count). The maximum Gasteiger partial charge on any atom is 0.207 e. The number of carbonyl (C=O) groups excluding carboxylic acids is 2. The number of hydrogen-bond acceptors (Lipinski definition) is 3. The minimum absolute atomic E-state index is 0.0703. The van der Waals surface area contributed by atoms with Gasteiger partial charge in [-0.25, -0.2) is 0 Å². The predicted molar refractivity (Wildman–Crippen MR) is 30.8 cm³/mol. The highest BCUT2D eigenvalue weighted by Gasteiger charge is 1.99. The largest absolute Gasteiger partial charge is 0.391 e. The number of nitrogens with one attached hydrogen (secondary N) is 1. The van der Waals surface area contributed by atoms with Crippen LogP contribution in [0.25, 0.3) is 0 Å². The van der Waals surface area contributed by atoms with Crippen molar-refractivity contribution in [1.82, 2.24) is 5.32 Å². The van der Waals surface area contributed by atoms with Gasteiger partial charge in [-0.05, 0) is 0 Å². The van der Waals surface area contributed by atoms with Gasteiger partial charge in [0.15, 0.2) is 0 Å². The standard InChI is InChI=1S/C5H9NO3/c7-2-1-5(9)3-6-4-8/h2,4-5,9H,1,3H2,(H,6,8). The van der Waals surface area contributed by atoms with Gasteiger partial charge in [-0.2, -0.15) is 0 Å². The van der Waals surface area contributed by atoms with Gasteiger partial charge in [0.05, 0.1) is 6.10 Å². The zero-order valence-electron chi connectivity index (χ0n) is 4.91. The smallest absolute Gasteiger partial charge is 0.207 e. The van der Waals surface area contributed by atoms with Gasteiger partial charge in [0.25, 0.3) is 0 Å². The maximum atomic E-state index is 9.70. The van der Waals surface area contributed by atoms with Gasteiger partial charge in [-0.15, -0.1) is 0 Å². The molecule has 0 saturated heterocycles. The zero-order valence-corrected chi connectivity index (χ0v) is 4.91. The maximum absolute atomic E-state index is 9.70. The van der Waals surface area contributed by atoms with Crippen molar-refractivity contribution in [2.45, 2.75) is 12.5 Å². The molecular formula is C5H9NO3. The van der Waals surface area contributed by atoms with E-state index >= 15 is 0 Å². The molecule has 0 aliphatic heterocycles. The van der Waals surface area contributed by atoms with E-state index < -0.39 is 6.10 Å². The van der Waals surface area contributed by atoms with Gasteiger partial charge in [0.1, 0.15) is 6.29 Å². The summed E-state index contributed by atoms with van der Waals surface area (Å²) in [6, 6.07) is 0. The van der Waals surface area contributed by atoms with Gasteiger partial charge in [0, 0.05) is 13.0 Å². The van der Waals surface area contributed by atoms with Crippen LogP contribution < -0.4 is 5.32 Å². The molecule has 0 spiro atoms. The molecule has 0 aliphatic carbocycles. The Labute approximate surface area is 52.9 Å². The number of aldehydes is 1. The third-order valence-corrected chi connectivity index (χ3v) is 0.805. The first-order valence-electron chi connectivity index (χ1n) is 2.60. The van der Waals surface area contributed by atoms with Crippen molar-refractivity contribution in [2.75, 3.05) is 6.54 Å². The summed E-state index contributed by atoms with van der Waals surface area (Å²) in [6.07, 6.45) is 0.416. The van der Waals surface area contributed by atoms with E-state index in [-0.39, 0.29) is 13.0 Å². The summed E-state index contributed by atoms with van der Waals surface area (Å²) in [5, 5.41) is 11.0. The van der Waals surface area contributed by atoms with Crippen LogP contribution in [0.5, 0.6) is 0 Å². The molecule has 0 bridgehead atoms. The molecule has 9 heavy (non-hydrogen) atoms. The highest BCUT2D eigenvalue weighted by molar-refractivity contribution is 5.50. The number of aliphatic hydroxyl groups is 1. The van der Waals surface area contributed by atoms with E-state index in [2.05, 4.69) is 5.32 Å². The van der Waals surface area contributed by atoms with E-state index in [0.29, 0.717) is 12.7 Å². The van der Waals surface area contributed by atoms with E-state index in [1.807, 2.05) is 0 Å². The lowest BCUT2D eigenvalue weighted by Gasteiger charge is -2.02. The summed E-state index contributed by atoms with van der Waals surface area (Å²) in [5.41, 5.74) is 0. The minimum atomic E-state index is -0.743. The molecule has 0 saturated carbocycles. The molecule has 4 heteroatoms. The van der Waals surface area contributed by atoms with Crippen LogP contribution in [0.2, 0.25) is 0 Å². The van der Waals surface area contributed by atoms with Crippen LogP contribution in [0.4, 0.5) is 0 Å². The average Bonchev–Trinajstić information content (AvgIpc) is 1.85. The highest BCUT2D eigenvalue weighted by atomic mass is 16.3. The number of rotatable bonds is 5. The van der Waals surface area contributed by atoms with E-state index in [1.165, 1.54) is 0 Å². The second kappa shape index (κ2) is 5.24.